The molecule has 0 aliphatic carbocycles. The molecule has 8 nitrogen and oxygen atoms in total. The molecule has 0 spiro atoms. The molecule has 1 aromatic heterocycles. The topological polar surface area (TPSA) is 127 Å². The zero-order chi connectivity index (χ0) is 20.9. The van der Waals surface area contributed by atoms with Gasteiger partial charge in [-0.3, -0.25) is 4.79 Å². The Balaban J connectivity index is 1.49. The molecule has 4 heterocycles. The van der Waals surface area contributed by atoms with E-state index in [-0.39, 0.29) is 34.9 Å². The van der Waals surface area contributed by atoms with Crippen LogP contribution in [0.1, 0.15) is 37.0 Å². The van der Waals surface area contributed by atoms with Crippen molar-refractivity contribution in [2.24, 2.45) is 11.8 Å². The minimum Gasteiger partial charge on any atom is -0.477 e. The second-order valence-corrected chi connectivity index (χ2v) is 9.95. The van der Waals surface area contributed by atoms with E-state index in [0.29, 0.717) is 13.0 Å². The largest absolute Gasteiger partial charge is 0.477 e. The van der Waals surface area contributed by atoms with Crippen LogP contribution in [0.2, 0.25) is 0 Å². The average Bonchev–Trinajstić information content (AvgIpc) is 3.34. The number of carboxylic acid groups (broad SMARTS) is 1. The molecule has 2 saturated heterocycles. The number of aliphatic hydroxyl groups is 1. The van der Waals surface area contributed by atoms with Gasteiger partial charge in [-0.15, -0.1) is 23.1 Å². The SMILES string of the molecule is C[C@@H](O)C1C(=O)N2C(C(=O)O)=C(S[C@@H]3CN[C@H](c4nc(CC#N)cs4)C3)[C@H](C)C12. The van der Waals surface area contributed by atoms with Crippen LogP contribution in [0.25, 0.3) is 0 Å². The Bertz CT molecular complexity index is 922. The lowest BCUT2D eigenvalue weighted by Gasteiger charge is -2.46. The normalized spacial score (nSPS) is 32.1. The smallest absolute Gasteiger partial charge is 0.353 e. The number of hydrogen-bond acceptors (Lipinski definition) is 8. The minimum atomic E-state index is -1.09. The quantitative estimate of drug-likeness (QED) is 0.575. The highest BCUT2D eigenvalue weighted by Crippen LogP contribution is 2.52. The summed E-state index contributed by atoms with van der Waals surface area (Å²) < 4.78 is 0. The summed E-state index contributed by atoms with van der Waals surface area (Å²) in [5.41, 5.74) is 0.848. The number of rotatable bonds is 6. The van der Waals surface area contributed by atoms with Crippen molar-refractivity contribution in [1.82, 2.24) is 15.2 Å². The van der Waals surface area contributed by atoms with Gasteiger partial charge < -0.3 is 20.4 Å². The first-order chi connectivity index (χ1) is 13.8. The van der Waals surface area contributed by atoms with Crippen molar-refractivity contribution in [1.29, 1.82) is 5.26 Å². The van der Waals surface area contributed by atoms with Crippen molar-refractivity contribution in [3.05, 3.63) is 26.7 Å². The van der Waals surface area contributed by atoms with Crippen LogP contribution in [0, 0.1) is 23.2 Å². The van der Waals surface area contributed by atoms with Crippen LogP contribution in [0.15, 0.2) is 16.0 Å². The number of thiazole rings is 1. The monoisotopic (exact) mass is 434 g/mol. The third kappa shape index (κ3) is 3.36. The number of nitrogens with one attached hydrogen (secondary N) is 1. The van der Waals surface area contributed by atoms with Gasteiger partial charge in [-0.25, -0.2) is 9.78 Å². The van der Waals surface area contributed by atoms with Gasteiger partial charge in [0.1, 0.15) is 10.7 Å². The molecule has 154 valence electrons. The van der Waals surface area contributed by atoms with Gasteiger partial charge in [-0.2, -0.15) is 5.26 Å². The molecule has 3 N–H and O–H groups in total. The van der Waals surface area contributed by atoms with E-state index in [0.717, 1.165) is 22.0 Å². The van der Waals surface area contributed by atoms with Crippen LogP contribution in [-0.2, 0) is 16.0 Å². The van der Waals surface area contributed by atoms with E-state index in [1.807, 2.05) is 12.3 Å². The summed E-state index contributed by atoms with van der Waals surface area (Å²) >= 11 is 3.05. The van der Waals surface area contributed by atoms with Gasteiger partial charge in [-0.05, 0) is 13.3 Å². The molecule has 1 aromatic rings. The van der Waals surface area contributed by atoms with E-state index in [1.165, 1.54) is 28.0 Å². The summed E-state index contributed by atoms with van der Waals surface area (Å²) in [4.78, 5) is 31.0. The lowest BCUT2D eigenvalue weighted by Crippen LogP contribution is -2.63. The number of hydrogen-bond donors (Lipinski definition) is 3. The van der Waals surface area contributed by atoms with Gasteiger partial charge in [0.2, 0.25) is 5.91 Å². The van der Waals surface area contributed by atoms with Crippen molar-refractivity contribution in [2.45, 2.75) is 50.1 Å². The number of aliphatic hydroxyl groups excluding tert-OH is 1. The number of aromatic nitrogens is 1. The first-order valence-corrected chi connectivity index (χ1v) is 11.3. The number of carbonyl (C=O) groups excluding carboxylic acids is 1. The molecule has 4 rings (SSSR count). The summed E-state index contributed by atoms with van der Waals surface area (Å²) in [6, 6.07) is 1.90. The van der Waals surface area contributed by atoms with Crippen LogP contribution in [0.4, 0.5) is 0 Å². The molecular weight excluding hydrogens is 412 g/mol. The zero-order valence-corrected chi connectivity index (χ0v) is 17.7. The molecule has 3 aliphatic rings. The highest BCUT2D eigenvalue weighted by atomic mass is 32.2. The van der Waals surface area contributed by atoms with Gasteiger partial charge in [0.15, 0.2) is 0 Å². The first-order valence-electron chi connectivity index (χ1n) is 9.53. The maximum atomic E-state index is 12.4. The van der Waals surface area contributed by atoms with Crippen LogP contribution >= 0.6 is 23.1 Å². The molecule has 1 amide bonds. The lowest BCUT2D eigenvalue weighted by molar-refractivity contribution is -0.163. The highest BCUT2D eigenvalue weighted by molar-refractivity contribution is 8.03. The van der Waals surface area contributed by atoms with Gasteiger partial charge in [0, 0.05) is 28.0 Å². The lowest BCUT2D eigenvalue weighted by atomic mass is 9.79. The second kappa shape index (κ2) is 7.72. The van der Waals surface area contributed by atoms with Crippen LogP contribution in [-0.4, -0.2) is 55.9 Å². The van der Waals surface area contributed by atoms with Gasteiger partial charge in [0.25, 0.3) is 0 Å². The Labute approximate surface area is 176 Å². The van der Waals surface area contributed by atoms with E-state index >= 15 is 0 Å². The average molecular weight is 435 g/mol. The minimum absolute atomic E-state index is 0.0726. The maximum Gasteiger partial charge on any atom is 0.353 e. The fraction of sp³-hybridized carbons (Fsp3) is 0.579. The third-order valence-electron chi connectivity index (χ3n) is 5.82. The van der Waals surface area contributed by atoms with Crippen molar-refractivity contribution >= 4 is 35.0 Å². The zero-order valence-electron chi connectivity index (χ0n) is 16.0. The van der Waals surface area contributed by atoms with Crippen LogP contribution in [0.5, 0.6) is 0 Å². The van der Waals surface area contributed by atoms with Gasteiger partial charge in [-0.1, -0.05) is 6.92 Å². The third-order valence-corrected chi connectivity index (χ3v) is 8.34. The van der Waals surface area contributed by atoms with E-state index in [4.69, 9.17) is 5.26 Å². The number of thioether (sulfide) groups is 1. The Morgan fingerprint density at radius 3 is 3.00 bits per heavy atom. The molecule has 10 heteroatoms. The van der Waals surface area contributed by atoms with Crippen molar-refractivity contribution in [3.63, 3.8) is 0 Å². The number of carbonyl (C=O) groups is 2. The predicted octanol–water partition coefficient (Wildman–Crippen LogP) is 1.50. The van der Waals surface area contributed by atoms with E-state index in [1.54, 1.807) is 6.92 Å². The Morgan fingerprint density at radius 2 is 2.34 bits per heavy atom. The number of amides is 1. The Morgan fingerprint density at radius 1 is 1.59 bits per heavy atom. The summed E-state index contributed by atoms with van der Waals surface area (Å²) in [6.45, 7) is 4.23. The molecule has 6 atom stereocenters. The summed E-state index contributed by atoms with van der Waals surface area (Å²) in [5.74, 6) is -2.06. The predicted molar refractivity (Wildman–Crippen MR) is 108 cm³/mol. The van der Waals surface area contributed by atoms with E-state index in [9.17, 15) is 19.8 Å². The molecule has 2 unspecified atom stereocenters. The Hall–Kier alpha value is -1.93. The molecule has 0 bridgehead atoms. The number of carboxylic acids is 1. The van der Waals surface area contributed by atoms with Crippen LogP contribution in [0.3, 0.4) is 0 Å². The number of β-lactam (4-membered cyclic amide) rings is 1. The van der Waals surface area contributed by atoms with Crippen molar-refractivity contribution in [2.75, 3.05) is 6.54 Å². The van der Waals surface area contributed by atoms with E-state index < -0.39 is 18.0 Å². The first kappa shape index (κ1) is 20.3. The summed E-state index contributed by atoms with van der Waals surface area (Å²) in [5, 5.41) is 34.9. The fourth-order valence-corrected chi connectivity index (χ4v) is 6.87. The Kier molecular flexibility index (Phi) is 5.42. The number of nitrogens with zero attached hydrogens (tertiary/aromatic N) is 3. The molecule has 3 aliphatic heterocycles. The molecule has 2 fully saturated rings. The standard InChI is InChI=1S/C19H22N4O4S2/c1-8-14-13(9(2)24)18(25)23(14)15(19(26)27)16(8)29-11-5-12(21-6-11)17-22-10(3-4-20)7-28-17/h7-9,11-14,21,24H,3,5-6H2,1-2H3,(H,26,27)/t8-,9-,11+,12+,13?,14?/m1/s1. The van der Waals surface area contributed by atoms with Gasteiger partial charge >= 0.3 is 5.97 Å². The van der Waals surface area contributed by atoms with Gasteiger partial charge in [0.05, 0.1) is 42.3 Å². The summed E-state index contributed by atoms with van der Waals surface area (Å²) in [6.07, 6.45) is 0.297. The fourth-order valence-electron chi connectivity index (χ4n) is 4.48. The molecule has 0 radical (unpaired) electrons. The van der Waals surface area contributed by atoms with Crippen molar-refractivity contribution in [3.8, 4) is 6.07 Å². The molecular formula is C19H22N4O4S2. The maximum absolute atomic E-state index is 12.4. The summed E-state index contributed by atoms with van der Waals surface area (Å²) in [7, 11) is 0. The molecule has 0 aromatic carbocycles. The number of fused-ring (bicyclic) bond motifs is 1. The number of aliphatic carboxylic acids is 1. The number of nitriles is 1. The molecule has 29 heavy (non-hydrogen) atoms. The highest BCUT2D eigenvalue weighted by Gasteiger charge is 2.60. The second-order valence-electron chi connectivity index (χ2n) is 7.72. The van der Waals surface area contributed by atoms with Crippen molar-refractivity contribution < 1.29 is 19.8 Å². The van der Waals surface area contributed by atoms with E-state index in [2.05, 4.69) is 16.4 Å². The van der Waals surface area contributed by atoms with Crippen LogP contribution < -0.4 is 5.32 Å². The molecule has 0 saturated carbocycles.